The second-order valence-electron chi connectivity index (χ2n) is 6.16. The van der Waals surface area contributed by atoms with Gasteiger partial charge >= 0.3 is 0 Å². The number of halogens is 2. The second-order valence-corrected chi connectivity index (χ2v) is 6.57. The summed E-state index contributed by atoms with van der Waals surface area (Å²) in [5, 5.41) is 0.522. The number of hydrogen-bond acceptors (Lipinski definition) is 5. The smallest absolute Gasteiger partial charge is 0.231 e. The Hall–Kier alpha value is -3.38. The van der Waals surface area contributed by atoms with Crippen LogP contribution in [0.4, 0.5) is 10.1 Å². The van der Waals surface area contributed by atoms with Gasteiger partial charge in [-0.2, -0.15) is 0 Å². The molecule has 1 aliphatic rings. The molecule has 4 aromatic rings. The molecule has 0 radical (unpaired) electrons. The number of nitrogens with zero attached hydrogens (tertiary/aromatic N) is 2. The van der Waals surface area contributed by atoms with E-state index < -0.39 is 0 Å². The molecule has 0 aliphatic carbocycles. The minimum absolute atomic E-state index is 0.186. The minimum Gasteiger partial charge on any atom is -0.454 e. The summed E-state index contributed by atoms with van der Waals surface area (Å²) in [5.41, 5.74) is 3.40. The van der Waals surface area contributed by atoms with Gasteiger partial charge in [0, 0.05) is 23.4 Å². The summed E-state index contributed by atoms with van der Waals surface area (Å²) in [7, 11) is 0. The lowest BCUT2D eigenvalue weighted by atomic mass is 10.2. The molecule has 0 spiro atoms. The van der Waals surface area contributed by atoms with Crippen LogP contribution in [0.25, 0.3) is 22.6 Å². The van der Waals surface area contributed by atoms with Crippen molar-refractivity contribution in [1.82, 2.24) is 4.98 Å². The van der Waals surface area contributed by atoms with Gasteiger partial charge in [0.1, 0.15) is 11.3 Å². The summed E-state index contributed by atoms with van der Waals surface area (Å²) in [6.07, 6.45) is 1.66. The quantitative estimate of drug-likeness (QED) is 0.414. The van der Waals surface area contributed by atoms with Gasteiger partial charge in [-0.25, -0.2) is 9.37 Å². The van der Waals surface area contributed by atoms with Crippen LogP contribution in [0.15, 0.2) is 64.0 Å². The van der Waals surface area contributed by atoms with Crippen molar-refractivity contribution in [2.24, 2.45) is 4.99 Å². The molecule has 0 saturated carbocycles. The fraction of sp³-hybridized carbons (Fsp3) is 0.0476. The molecule has 0 unspecified atom stereocenters. The number of fused-ring (bicyclic) bond motifs is 2. The van der Waals surface area contributed by atoms with E-state index >= 15 is 0 Å². The molecular formula is C21H12ClFN2O3. The van der Waals surface area contributed by atoms with Crippen molar-refractivity contribution in [2.75, 3.05) is 6.79 Å². The molecule has 1 aromatic heterocycles. The molecule has 3 aromatic carbocycles. The van der Waals surface area contributed by atoms with E-state index in [4.69, 9.17) is 25.5 Å². The Kier molecular flexibility index (Phi) is 3.98. The molecule has 138 valence electrons. The monoisotopic (exact) mass is 394 g/mol. The highest BCUT2D eigenvalue weighted by Gasteiger charge is 2.15. The van der Waals surface area contributed by atoms with Gasteiger partial charge in [-0.3, -0.25) is 4.99 Å². The number of aliphatic imine (C=N–C) groups is 1. The maximum atomic E-state index is 13.1. The average Bonchev–Trinajstić information content (AvgIpc) is 3.32. The normalized spacial score (nSPS) is 12.9. The summed E-state index contributed by atoms with van der Waals surface area (Å²) in [4.78, 5) is 8.94. The molecule has 2 heterocycles. The molecule has 0 N–H and O–H groups in total. The zero-order valence-electron chi connectivity index (χ0n) is 14.4. The van der Waals surface area contributed by atoms with E-state index in [1.165, 1.54) is 12.1 Å². The number of rotatable bonds is 3. The fourth-order valence-electron chi connectivity index (χ4n) is 2.89. The van der Waals surface area contributed by atoms with Gasteiger partial charge in [0.25, 0.3) is 0 Å². The number of hydrogen-bond donors (Lipinski definition) is 0. The Morgan fingerprint density at radius 1 is 1.00 bits per heavy atom. The van der Waals surface area contributed by atoms with Crippen molar-refractivity contribution in [2.45, 2.75) is 0 Å². The number of oxazole rings is 1. The third-order valence-electron chi connectivity index (χ3n) is 4.31. The van der Waals surface area contributed by atoms with Crippen LogP contribution >= 0.6 is 11.6 Å². The zero-order chi connectivity index (χ0) is 19.1. The molecule has 0 amide bonds. The molecule has 7 heteroatoms. The molecule has 0 bridgehead atoms. The summed E-state index contributed by atoms with van der Waals surface area (Å²) >= 11 is 6.27. The van der Waals surface area contributed by atoms with E-state index in [0.717, 1.165) is 5.56 Å². The predicted molar refractivity (Wildman–Crippen MR) is 104 cm³/mol. The van der Waals surface area contributed by atoms with Crippen molar-refractivity contribution in [3.8, 4) is 23.0 Å². The minimum atomic E-state index is -0.307. The molecule has 28 heavy (non-hydrogen) atoms. The Morgan fingerprint density at radius 2 is 1.79 bits per heavy atom. The highest BCUT2D eigenvalue weighted by Crippen LogP contribution is 2.36. The Bertz CT molecular complexity index is 1220. The zero-order valence-corrected chi connectivity index (χ0v) is 15.1. The van der Waals surface area contributed by atoms with Crippen LogP contribution in [0.3, 0.4) is 0 Å². The first kappa shape index (κ1) is 16.8. The van der Waals surface area contributed by atoms with E-state index in [9.17, 15) is 4.39 Å². The lowest BCUT2D eigenvalue weighted by molar-refractivity contribution is 0.174. The van der Waals surface area contributed by atoms with Gasteiger partial charge in [0.2, 0.25) is 12.7 Å². The largest absolute Gasteiger partial charge is 0.454 e. The molecule has 1 aliphatic heterocycles. The standard InChI is InChI=1S/C21H12ClFN2O3/c22-16-9-20-19(26-11-27-20)7-13(16)10-24-15-5-6-18-17(8-15)25-21(28-18)12-1-3-14(23)4-2-12/h1-10H,11H2. The first-order valence-corrected chi connectivity index (χ1v) is 8.83. The van der Waals surface area contributed by atoms with Gasteiger partial charge in [0.15, 0.2) is 17.1 Å². The topological polar surface area (TPSA) is 56.9 Å². The average molecular weight is 395 g/mol. The molecule has 5 rings (SSSR count). The third-order valence-corrected chi connectivity index (χ3v) is 4.63. The predicted octanol–water partition coefficient (Wildman–Crippen LogP) is 5.77. The number of ether oxygens (including phenoxy) is 2. The van der Waals surface area contributed by atoms with Crippen molar-refractivity contribution >= 4 is 34.6 Å². The Morgan fingerprint density at radius 3 is 2.61 bits per heavy atom. The van der Waals surface area contributed by atoms with E-state index in [1.807, 2.05) is 12.1 Å². The lowest BCUT2D eigenvalue weighted by Gasteiger charge is -2.01. The van der Waals surface area contributed by atoms with Crippen molar-refractivity contribution in [3.63, 3.8) is 0 Å². The first-order chi connectivity index (χ1) is 13.7. The second kappa shape index (κ2) is 6.65. The molecule has 0 saturated heterocycles. The van der Waals surface area contributed by atoms with Gasteiger partial charge in [-0.05, 0) is 48.5 Å². The van der Waals surface area contributed by atoms with Crippen molar-refractivity contribution in [3.05, 3.63) is 71.0 Å². The lowest BCUT2D eigenvalue weighted by Crippen LogP contribution is -1.92. The highest BCUT2D eigenvalue weighted by molar-refractivity contribution is 6.33. The molecular weight excluding hydrogens is 383 g/mol. The summed E-state index contributed by atoms with van der Waals surface area (Å²) in [5.74, 6) is 1.38. The van der Waals surface area contributed by atoms with Crippen LogP contribution in [0, 0.1) is 5.82 Å². The Labute approximate surface area is 164 Å². The molecule has 0 atom stereocenters. The summed E-state index contributed by atoms with van der Waals surface area (Å²) < 4.78 is 29.5. The van der Waals surface area contributed by atoms with Crippen LogP contribution in [0.2, 0.25) is 5.02 Å². The SMILES string of the molecule is Fc1ccc(-c2nc3cc(N=Cc4cc5c(cc4Cl)OCO5)ccc3o2)cc1. The van der Waals surface area contributed by atoms with E-state index in [1.54, 1.807) is 36.5 Å². The van der Waals surface area contributed by atoms with Gasteiger partial charge in [0.05, 0.1) is 10.7 Å². The molecule has 0 fully saturated rings. The van der Waals surface area contributed by atoms with E-state index in [-0.39, 0.29) is 12.6 Å². The first-order valence-electron chi connectivity index (χ1n) is 8.45. The van der Waals surface area contributed by atoms with Gasteiger partial charge < -0.3 is 13.9 Å². The maximum absolute atomic E-state index is 13.1. The molecule has 5 nitrogen and oxygen atoms in total. The van der Waals surface area contributed by atoms with Gasteiger partial charge in [-0.1, -0.05) is 11.6 Å². The van der Waals surface area contributed by atoms with Crippen LogP contribution in [0.1, 0.15) is 5.56 Å². The maximum Gasteiger partial charge on any atom is 0.231 e. The Balaban J connectivity index is 1.45. The van der Waals surface area contributed by atoms with Crippen molar-refractivity contribution < 1.29 is 18.3 Å². The highest BCUT2D eigenvalue weighted by atomic mass is 35.5. The number of aromatic nitrogens is 1. The van der Waals surface area contributed by atoms with Crippen LogP contribution in [-0.2, 0) is 0 Å². The van der Waals surface area contributed by atoms with Crippen LogP contribution < -0.4 is 9.47 Å². The summed E-state index contributed by atoms with van der Waals surface area (Å²) in [6, 6.07) is 14.9. The van der Waals surface area contributed by atoms with E-state index in [2.05, 4.69) is 9.98 Å². The van der Waals surface area contributed by atoms with Gasteiger partial charge in [-0.15, -0.1) is 0 Å². The van der Waals surface area contributed by atoms with Crippen molar-refractivity contribution in [1.29, 1.82) is 0 Å². The van der Waals surface area contributed by atoms with Crippen LogP contribution in [0.5, 0.6) is 11.5 Å². The number of benzene rings is 3. The summed E-state index contributed by atoms with van der Waals surface area (Å²) in [6.45, 7) is 0.186. The van der Waals surface area contributed by atoms with Crippen LogP contribution in [-0.4, -0.2) is 18.0 Å². The third kappa shape index (κ3) is 3.08. The van der Waals surface area contributed by atoms with E-state index in [0.29, 0.717) is 44.8 Å². The fourth-order valence-corrected chi connectivity index (χ4v) is 3.09.